The third kappa shape index (κ3) is 12.6. The van der Waals surface area contributed by atoms with Crippen molar-refractivity contribution in [2.45, 2.75) is 90.5 Å². The molecule has 0 rings (SSSR count). The summed E-state index contributed by atoms with van der Waals surface area (Å²) in [5.74, 6) is -4.59. The largest absolute Gasteiger partial charge is 0.480 e. The van der Waals surface area contributed by atoms with E-state index in [4.69, 9.17) is 11.5 Å². The molecule has 9 N–H and O–H groups in total. The number of thioether (sulfide) groups is 1. The number of rotatable bonds is 18. The highest BCUT2D eigenvalue weighted by molar-refractivity contribution is 7.98. The highest BCUT2D eigenvalue weighted by Gasteiger charge is 2.33. The van der Waals surface area contributed by atoms with Gasteiger partial charge in [0.2, 0.25) is 29.5 Å². The van der Waals surface area contributed by atoms with Crippen LogP contribution in [0, 0.1) is 11.8 Å². The summed E-state index contributed by atoms with van der Waals surface area (Å²) < 4.78 is 0. The summed E-state index contributed by atoms with van der Waals surface area (Å²) in [6.45, 7) is 8.53. The fourth-order valence-corrected chi connectivity index (χ4v) is 3.71. The Morgan fingerprint density at radius 2 is 1.39 bits per heavy atom. The third-order valence-corrected chi connectivity index (χ3v) is 6.75. The fraction of sp³-hybridized carbons (Fsp3) is 0.750. The molecule has 0 fully saturated rings. The Morgan fingerprint density at radius 1 is 0.816 bits per heavy atom. The van der Waals surface area contributed by atoms with Gasteiger partial charge in [0, 0.05) is 6.42 Å². The van der Waals surface area contributed by atoms with E-state index in [-0.39, 0.29) is 31.1 Å². The van der Waals surface area contributed by atoms with Gasteiger partial charge in [-0.2, -0.15) is 11.8 Å². The van der Waals surface area contributed by atoms with Crippen LogP contribution in [-0.2, 0) is 28.8 Å². The van der Waals surface area contributed by atoms with E-state index in [1.165, 1.54) is 18.7 Å². The second-order valence-corrected chi connectivity index (χ2v) is 10.6. The van der Waals surface area contributed by atoms with Crippen molar-refractivity contribution < 1.29 is 33.9 Å². The van der Waals surface area contributed by atoms with Crippen molar-refractivity contribution in [3.05, 3.63) is 0 Å². The number of carboxylic acid groups (broad SMARTS) is 1. The summed E-state index contributed by atoms with van der Waals surface area (Å²) >= 11 is 1.41. The molecule has 0 saturated carbocycles. The lowest BCUT2D eigenvalue weighted by Gasteiger charge is -2.28. The van der Waals surface area contributed by atoms with Crippen LogP contribution in [0.1, 0.15) is 60.3 Å². The van der Waals surface area contributed by atoms with E-state index in [0.717, 1.165) is 0 Å². The molecule has 6 atom stereocenters. The Hall–Kier alpha value is -2.87. The zero-order valence-electron chi connectivity index (χ0n) is 23.0. The fourth-order valence-electron chi connectivity index (χ4n) is 3.24. The van der Waals surface area contributed by atoms with Gasteiger partial charge in [-0.25, -0.2) is 4.79 Å². The number of primary amides is 1. The maximum atomic E-state index is 13.2. The Labute approximate surface area is 228 Å². The molecule has 0 unspecified atom stereocenters. The number of aliphatic carboxylic acids is 1. The molecular formula is C24H44N6O7S. The zero-order valence-corrected chi connectivity index (χ0v) is 23.9. The molecule has 0 aliphatic rings. The molecule has 38 heavy (non-hydrogen) atoms. The Bertz CT molecular complexity index is 841. The quantitative estimate of drug-likeness (QED) is 0.110. The maximum Gasteiger partial charge on any atom is 0.326 e. The van der Waals surface area contributed by atoms with Gasteiger partial charge in [-0.05, 0) is 43.6 Å². The van der Waals surface area contributed by atoms with Crippen LogP contribution in [0.3, 0.4) is 0 Å². The summed E-state index contributed by atoms with van der Waals surface area (Å²) in [7, 11) is 0. The smallest absolute Gasteiger partial charge is 0.326 e. The van der Waals surface area contributed by atoms with Crippen molar-refractivity contribution in [2.24, 2.45) is 23.3 Å². The average Bonchev–Trinajstić information content (AvgIpc) is 2.85. The molecule has 0 aromatic rings. The molecule has 0 radical (unpaired) electrons. The number of carbonyl (C=O) groups is 6. The van der Waals surface area contributed by atoms with Crippen molar-refractivity contribution in [3.63, 3.8) is 0 Å². The Morgan fingerprint density at radius 3 is 1.87 bits per heavy atom. The van der Waals surface area contributed by atoms with Gasteiger partial charge >= 0.3 is 5.97 Å². The minimum atomic E-state index is -1.27. The molecule has 0 heterocycles. The number of carboxylic acids is 1. The topological polar surface area (TPSA) is 223 Å². The summed E-state index contributed by atoms with van der Waals surface area (Å²) in [6.07, 6.45) is 2.05. The molecule has 0 aliphatic heterocycles. The molecule has 218 valence electrons. The summed E-state index contributed by atoms with van der Waals surface area (Å²) in [6, 6.07) is -5.34. The third-order valence-electron chi connectivity index (χ3n) is 6.10. The maximum absolute atomic E-state index is 13.2. The highest BCUT2D eigenvalue weighted by Crippen LogP contribution is 2.11. The summed E-state index contributed by atoms with van der Waals surface area (Å²) in [4.78, 5) is 74.1. The molecule has 0 aromatic heterocycles. The van der Waals surface area contributed by atoms with Crippen LogP contribution in [0.5, 0.6) is 0 Å². The van der Waals surface area contributed by atoms with E-state index in [2.05, 4.69) is 21.3 Å². The number of amides is 5. The molecule has 13 nitrogen and oxygen atoms in total. The lowest BCUT2D eigenvalue weighted by atomic mass is 9.97. The van der Waals surface area contributed by atoms with Crippen molar-refractivity contribution in [1.29, 1.82) is 0 Å². The van der Waals surface area contributed by atoms with Gasteiger partial charge in [-0.15, -0.1) is 0 Å². The van der Waals surface area contributed by atoms with Crippen LogP contribution < -0.4 is 32.7 Å². The van der Waals surface area contributed by atoms with Crippen molar-refractivity contribution in [3.8, 4) is 0 Å². The van der Waals surface area contributed by atoms with Crippen molar-refractivity contribution in [2.75, 3.05) is 12.0 Å². The first-order chi connectivity index (χ1) is 17.7. The number of nitrogens with one attached hydrogen (secondary N) is 4. The predicted octanol–water partition coefficient (Wildman–Crippen LogP) is -0.922. The second kappa shape index (κ2) is 17.6. The first-order valence-corrected chi connectivity index (χ1v) is 14.0. The summed E-state index contributed by atoms with van der Waals surface area (Å²) in [5.41, 5.74) is 11.0. The van der Waals surface area contributed by atoms with Crippen LogP contribution in [0.2, 0.25) is 0 Å². The summed E-state index contributed by atoms with van der Waals surface area (Å²) in [5, 5.41) is 19.5. The van der Waals surface area contributed by atoms with Crippen LogP contribution in [0.25, 0.3) is 0 Å². The van der Waals surface area contributed by atoms with Gasteiger partial charge in [-0.3, -0.25) is 24.0 Å². The molecule has 0 bridgehead atoms. The van der Waals surface area contributed by atoms with Crippen molar-refractivity contribution >= 4 is 47.3 Å². The van der Waals surface area contributed by atoms with E-state index in [1.807, 2.05) is 6.92 Å². The monoisotopic (exact) mass is 560 g/mol. The molecule has 5 amide bonds. The van der Waals surface area contributed by atoms with Crippen LogP contribution >= 0.6 is 11.8 Å². The predicted molar refractivity (Wildman–Crippen MR) is 145 cm³/mol. The van der Waals surface area contributed by atoms with Gasteiger partial charge in [-0.1, -0.05) is 34.1 Å². The lowest BCUT2D eigenvalue weighted by molar-refractivity contribution is -0.142. The number of nitrogens with two attached hydrogens (primary N) is 2. The first-order valence-electron chi connectivity index (χ1n) is 12.6. The second-order valence-electron chi connectivity index (χ2n) is 9.62. The molecule has 0 saturated heterocycles. The number of carbonyl (C=O) groups excluding carboxylic acids is 5. The van der Waals surface area contributed by atoms with E-state index in [0.29, 0.717) is 12.2 Å². The molecule has 14 heteroatoms. The molecule has 0 spiro atoms. The lowest BCUT2D eigenvalue weighted by Crippen LogP contribution is -2.59. The van der Waals surface area contributed by atoms with E-state index < -0.39 is 65.7 Å². The minimum Gasteiger partial charge on any atom is -0.480 e. The first kappa shape index (κ1) is 35.1. The normalized spacial score (nSPS) is 15.8. The van der Waals surface area contributed by atoms with E-state index in [1.54, 1.807) is 27.0 Å². The Balaban J connectivity index is 5.65. The van der Waals surface area contributed by atoms with Crippen molar-refractivity contribution in [1.82, 2.24) is 21.3 Å². The Kier molecular flexibility index (Phi) is 16.3. The van der Waals surface area contributed by atoms with Crippen LogP contribution in [0.4, 0.5) is 0 Å². The number of hydrogen-bond acceptors (Lipinski definition) is 8. The van der Waals surface area contributed by atoms with E-state index in [9.17, 15) is 33.9 Å². The van der Waals surface area contributed by atoms with Gasteiger partial charge in [0.15, 0.2) is 0 Å². The van der Waals surface area contributed by atoms with E-state index >= 15 is 0 Å². The van der Waals surface area contributed by atoms with Gasteiger partial charge < -0.3 is 37.8 Å². The van der Waals surface area contributed by atoms with Crippen LogP contribution in [-0.4, -0.2) is 82.8 Å². The van der Waals surface area contributed by atoms with Gasteiger partial charge in [0.25, 0.3) is 0 Å². The van der Waals surface area contributed by atoms with Gasteiger partial charge in [0.05, 0.1) is 6.04 Å². The standard InChI is InChI=1S/C24H44N6O7S/c1-7-13(4)19(30-20(32)14(5)27-22(34)18(26)12(2)3)23(35)28-15(8-9-17(25)31)21(33)29-16(24(36)37)10-11-38-6/h12-16,18-19H,7-11,26H2,1-6H3,(H2,25,31)(H,27,34)(H,28,35)(H,29,33)(H,30,32)(H,36,37)/t13-,14-,15-,16-,18-,19-/m0/s1. The molecular weight excluding hydrogens is 516 g/mol. The average molecular weight is 561 g/mol. The molecule has 0 aromatic carbocycles. The van der Waals surface area contributed by atoms with Crippen LogP contribution in [0.15, 0.2) is 0 Å². The highest BCUT2D eigenvalue weighted by atomic mass is 32.2. The molecule has 0 aliphatic carbocycles. The SMILES string of the molecule is CC[C@H](C)[C@H](NC(=O)[C@H](C)NC(=O)[C@@H](N)C(C)C)C(=O)N[C@@H](CCC(N)=O)C(=O)N[C@@H](CCSC)C(=O)O. The zero-order chi connectivity index (χ0) is 29.6. The van der Waals surface area contributed by atoms with Gasteiger partial charge in [0.1, 0.15) is 24.2 Å². The number of hydrogen-bond donors (Lipinski definition) is 7. The minimum absolute atomic E-state index is 0.145.